The van der Waals surface area contributed by atoms with Crippen molar-refractivity contribution < 1.29 is 18.7 Å². The lowest BCUT2D eigenvalue weighted by molar-refractivity contribution is 0.0695. The van der Waals surface area contributed by atoms with Crippen LogP contribution >= 0.6 is 0 Å². The molecule has 0 spiro atoms. The third-order valence-corrected chi connectivity index (χ3v) is 8.76. The van der Waals surface area contributed by atoms with E-state index < -0.39 is 28.6 Å². The number of hydrogen-bond donors (Lipinski definition) is 4. The summed E-state index contributed by atoms with van der Waals surface area (Å²) < 4.78 is 32.1. The molecule has 2 saturated heterocycles. The molecule has 0 aliphatic carbocycles. The average Bonchev–Trinajstić information content (AvgIpc) is 3.68. The van der Waals surface area contributed by atoms with Crippen LogP contribution in [0.25, 0.3) is 44.1 Å². The molecule has 0 amide bonds. The Morgan fingerprint density at radius 2 is 2.00 bits per heavy atom. The number of aromatic nitrogens is 4. The summed E-state index contributed by atoms with van der Waals surface area (Å²) in [7, 11) is 3.71. The fourth-order valence-corrected chi connectivity index (χ4v) is 6.90. The largest absolute Gasteiger partial charge is 0.477 e. The Balaban J connectivity index is 1.56. The summed E-state index contributed by atoms with van der Waals surface area (Å²) in [6, 6.07) is 2.86. The van der Waals surface area contributed by atoms with Gasteiger partial charge in [0.05, 0.1) is 33.1 Å². The minimum absolute atomic E-state index is 0.0925. The highest BCUT2D eigenvalue weighted by Crippen LogP contribution is 2.46. The first-order valence-electron chi connectivity index (χ1n) is 14.2. The van der Waals surface area contributed by atoms with E-state index in [-0.39, 0.29) is 22.5 Å². The molecule has 2 atom stereocenters. The number of aromatic amines is 1. The highest BCUT2D eigenvalue weighted by molar-refractivity contribution is 6.18. The highest BCUT2D eigenvalue weighted by Gasteiger charge is 2.42. The van der Waals surface area contributed by atoms with Crippen LogP contribution in [0.3, 0.4) is 0 Å². The maximum absolute atomic E-state index is 15.7. The lowest BCUT2D eigenvalue weighted by Gasteiger charge is -2.29. The third-order valence-electron chi connectivity index (χ3n) is 8.76. The molecule has 222 valence electrons. The number of hydrogen-bond acceptors (Lipinski definition) is 8. The molecule has 13 heteroatoms. The third kappa shape index (κ3) is 4.02. The second-order valence-electron chi connectivity index (χ2n) is 11.3. The van der Waals surface area contributed by atoms with Gasteiger partial charge in [0.1, 0.15) is 11.2 Å². The number of halogens is 2. The number of nitrogens with zero attached hydrogens (tertiary/aromatic N) is 5. The molecule has 0 bridgehead atoms. The van der Waals surface area contributed by atoms with E-state index in [1.807, 2.05) is 6.92 Å². The molecule has 11 nitrogen and oxygen atoms in total. The topological polar surface area (TPSA) is 131 Å². The number of H-pyrrole nitrogens is 1. The Bertz CT molecular complexity index is 2020. The van der Waals surface area contributed by atoms with E-state index in [1.54, 1.807) is 25.5 Å². The molecular formula is C30H30F2N8O3. The number of aromatic carboxylic acids is 1. The smallest absolute Gasteiger partial charge is 0.341 e. The van der Waals surface area contributed by atoms with Crippen molar-refractivity contribution in [3.05, 3.63) is 58.1 Å². The number of benzene rings is 1. The van der Waals surface area contributed by atoms with E-state index in [0.29, 0.717) is 58.1 Å². The van der Waals surface area contributed by atoms with E-state index in [2.05, 4.69) is 42.5 Å². The summed E-state index contributed by atoms with van der Waals surface area (Å²) >= 11 is 0. The van der Waals surface area contributed by atoms with Crippen molar-refractivity contribution in [2.45, 2.75) is 19.4 Å². The van der Waals surface area contributed by atoms with Crippen LogP contribution < -0.4 is 21.1 Å². The van der Waals surface area contributed by atoms with E-state index >= 15 is 4.39 Å². The van der Waals surface area contributed by atoms with Gasteiger partial charge in [0.2, 0.25) is 5.43 Å². The lowest BCUT2D eigenvalue weighted by Crippen LogP contribution is -2.35. The van der Waals surface area contributed by atoms with Crippen LogP contribution in [0.5, 0.6) is 0 Å². The second-order valence-corrected chi connectivity index (χ2v) is 11.3. The summed E-state index contributed by atoms with van der Waals surface area (Å²) in [5.41, 5.74) is 5.20. The summed E-state index contributed by atoms with van der Waals surface area (Å²) in [6.07, 6.45) is 5.41. The van der Waals surface area contributed by atoms with Crippen LogP contribution in [0.4, 0.5) is 20.2 Å². The molecule has 0 unspecified atom stereocenters. The Labute approximate surface area is 244 Å². The molecule has 1 aromatic carbocycles. The van der Waals surface area contributed by atoms with E-state index in [1.165, 1.54) is 10.9 Å². The molecule has 2 fully saturated rings. The van der Waals surface area contributed by atoms with E-state index in [0.717, 1.165) is 25.6 Å². The molecule has 6 heterocycles. The summed E-state index contributed by atoms with van der Waals surface area (Å²) in [6.45, 7) is 4.76. The number of carbonyl (C=O) groups is 1. The van der Waals surface area contributed by atoms with Gasteiger partial charge in [-0.15, -0.1) is 0 Å². The van der Waals surface area contributed by atoms with Crippen molar-refractivity contribution in [1.29, 1.82) is 0 Å². The average molecular weight is 589 g/mol. The molecule has 0 saturated carbocycles. The van der Waals surface area contributed by atoms with Gasteiger partial charge in [-0.3, -0.25) is 4.79 Å². The van der Waals surface area contributed by atoms with Crippen molar-refractivity contribution in [3.63, 3.8) is 0 Å². The number of likely N-dealkylation sites (tertiary alicyclic amines) is 1. The maximum atomic E-state index is 15.7. The van der Waals surface area contributed by atoms with Crippen molar-refractivity contribution >= 4 is 50.3 Å². The molecule has 43 heavy (non-hydrogen) atoms. The quantitative estimate of drug-likeness (QED) is 0.234. The van der Waals surface area contributed by atoms with Crippen LogP contribution in [0.15, 0.2) is 35.5 Å². The number of nitrogens with one attached hydrogen (secondary N) is 3. The summed E-state index contributed by atoms with van der Waals surface area (Å²) in [4.78, 5) is 42.2. The number of fused-ring (bicyclic) bond motifs is 5. The zero-order valence-corrected chi connectivity index (χ0v) is 23.8. The van der Waals surface area contributed by atoms with Gasteiger partial charge in [-0.25, -0.2) is 28.2 Å². The van der Waals surface area contributed by atoms with Crippen LogP contribution in [0, 0.1) is 17.6 Å². The first kappa shape index (κ1) is 27.1. The Hall–Kier alpha value is -4.78. The molecule has 4 aromatic heterocycles. The number of carboxylic acids is 1. The number of carboxylic acid groups (broad SMARTS) is 1. The Morgan fingerprint density at radius 3 is 2.74 bits per heavy atom. The normalized spacial score (nSPS) is 18.7. The minimum Gasteiger partial charge on any atom is -0.477 e. The van der Waals surface area contributed by atoms with Gasteiger partial charge >= 0.3 is 5.97 Å². The molecule has 0 radical (unpaired) electrons. The minimum atomic E-state index is -1.35. The van der Waals surface area contributed by atoms with Crippen molar-refractivity contribution in [3.8, 4) is 11.1 Å². The van der Waals surface area contributed by atoms with Crippen molar-refractivity contribution in [1.82, 2.24) is 24.5 Å². The number of anilines is 2. The van der Waals surface area contributed by atoms with E-state index in [9.17, 15) is 19.1 Å². The molecule has 2 aliphatic heterocycles. The monoisotopic (exact) mass is 588 g/mol. The van der Waals surface area contributed by atoms with Gasteiger partial charge in [-0.2, -0.15) is 0 Å². The lowest BCUT2D eigenvalue weighted by atomic mass is 9.99. The first-order chi connectivity index (χ1) is 20.7. The van der Waals surface area contributed by atoms with Crippen LogP contribution in [0.1, 0.15) is 23.7 Å². The molecule has 7 rings (SSSR count). The van der Waals surface area contributed by atoms with Gasteiger partial charge < -0.3 is 30.6 Å². The van der Waals surface area contributed by atoms with Gasteiger partial charge in [0.25, 0.3) is 0 Å². The Morgan fingerprint density at radius 1 is 1.19 bits per heavy atom. The number of likely N-dealkylation sites (N-methyl/N-ethyl adjacent to an activating group) is 1. The van der Waals surface area contributed by atoms with Crippen molar-refractivity contribution in [2.24, 2.45) is 5.92 Å². The fourth-order valence-electron chi connectivity index (χ4n) is 6.90. The molecular weight excluding hydrogens is 558 g/mol. The Kier molecular flexibility index (Phi) is 6.24. The predicted molar refractivity (Wildman–Crippen MR) is 162 cm³/mol. The maximum Gasteiger partial charge on any atom is 0.341 e. The zero-order chi connectivity index (χ0) is 30.2. The summed E-state index contributed by atoms with van der Waals surface area (Å²) in [5.74, 6) is -2.90. The first-order valence-corrected chi connectivity index (χ1v) is 14.2. The van der Waals surface area contributed by atoms with Crippen LogP contribution in [-0.4, -0.2) is 81.9 Å². The zero-order valence-electron chi connectivity index (χ0n) is 23.8. The summed E-state index contributed by atoms with van der Waals surface area (Å²) in [5, 5.41) is 13.3. The predicted octanol–water partition coefficient (Wildman–Crippen LogP) is 3.81. The fraction of sp³-hybridized carbons (Fsp3) is 0.333. The van der Waals surface area contributed by atoms with Gasteiger partial charge in [-0.05, 0) is 32.4 Å². The van der Waals surface area contributed by atoms with Crippen molar-refractivity contribution in [2.75, 3.05) is 55.9 Å². The van der Waals surface area contributed by atoms with Gasteiger partial charge in [-0.1, -0.05) is 0 Å². The van der Waals surface area contributed by atoms with Gasteiger partial charge in [0.15, 0.2) is 17.3 Å². The number of pyridine rings is 3. The highest BCUT2D eigenvalue weighted by atomic mass is 19.2. The molecule has 4 N–H and O–H groups in total. The standard InChI is InChI=1S/C30H30F2N8O3/c1-4-36-40-12-18(30(42)43)27(41)16-7-15(9-35-29(16)40)17-10-34-28-23(22-24(32)19(31)8-20(33-2)25(22)37-28)26(17)39-6-5-14-11-38(3)13-21(14)39/h7-10,12,14,21,33,36H,4-6,11,13H2,1-3H3,(H,34,37)(H,42,43)/t14-,21+/m1/s1. The molecule has 5 aromatic rings. The van der Waals surface area contributed by atoms with E-state index in [4.69, 9.17) is 0 Å². The SMILES string of the molecule is CCNn1cc(C(=O)O)c(=O)c2cc(-c3cnc4[nH]c5c(NC)cc(F)c(F)c5c4c3N3CC[C@@H]4CN(C)C[C@@H]43)cnc21. The second kappa shape index (κ2) is 9.90. The number of rotatable bonds is 6. The molecule has 2 aliphatic rings. The van der Waals surface area contributed by atoms with Crippen LogP contribution in [0.2, 0.25) is 0 Å². The van der Waals surface area contributed by atoms with Gasteiger partial charge in [0, 0.05) is 75.1 Å². The van der Waals surface area contributed by atoms with Crippen LogP contribution in [-0.2, 0) is 0 Å².